The van der Waals surface area contributed by atoms with Crippen LogP contribution in [0.25, 0.3) is 0 Å². The number of hydrogen-bond donors (Lipinski definition) is 6. The van der Waals surface area contributed by atoms with E-state index < -0.39 is 37.6 Å². The number of ketones is 2. The number of alkyl halides is 6. The number of ether oxygens (including phenoxy) is 2. The van der Waals surface area contributed by atoms with Gasteiger partial charge in [-0.05, 0) is 99.3 Å². The van der Waals surface area contributed by atoms with E-state index in [2.05, 4.69) is 55.0 Å². The van der Waals surface area contributed by atoms with Crippen LogP contribution in [0.3, 0.4) is 0 Å². The summed E-state index contributed by atoms with van der Waals surface area (Å²) in [5.41, 5.74) is 5.53. The van der Waals surface area contributed by atoms with Crippen molar-refractivity contribution in [3.05, 3.63) is 143 Å². The lowest BCUT2D eigenvalue weighted by Gasteiger charge is -2.17. The van der Waals surface area contributed by atoms with Crippen molar-refractivity contribution >= 4 is 47.2 Å². The van der Waals surface area contributed by atoms with Crippen molar-refractivity contribution in [3.8, 4) is 0 Å². The Bertz CT molecular complexity index is 2260. The van der Waals surface area contributed by atoms with Crippen LogP contribution in [0.1, 0.15) is 110 Å². The molecule has 6 N–H and O–H groups in total. The molecule has 14 nitrogen and oxygen atoms in total. The van der Waals surface area contributed by atoms with Gasteiger partial charge in [-0.3, -0.25) is 40.6 Å². The van der Waals surface area contributed by atoms with Crippen LogP contribution < -0.4 is 21.3 Å². The highest BCUT2D eigenvalue weighted by molar-refractivity contribution is 6.05. The first-order valence-electron chi connectivity index (χ1n) is 23.9. The highest BCUT2D eigenvalue weighted by Gasteiger charge is 2.33. The first-order valence-corrected chi connectivity index (χ1v) is 23.9. The van der Waals surface area contributed by atoms with E-state index in [1.807, 2.05) is 60.7 Å². The molecule has 2 fully saturated rings. The zero-order valence-corrected chi connectivity index (χ0v) is 41.6. The maximum Gasteiger partial charge on any atom is 0.412 e. The molecule has 6 rings (SSSR count). The smallest absolute Gasteiger partial charge is 0.412 e. The van der Waals surface area contributed by atoms with Crippen molar-refractivity contribution in [2.75, 3.05) is 14.2 Å². The van der Waals surface area contributed by atoms with E-state index in [9.17, 15) is 55.1 Å². The SMILES string of the molecule is COC(=O)NC(=N)c1ccc(CCC(=O)[C@H](C)NC(=O)[C@@H]2CC[C@@H](c3ccccc3)C2)cc1.COC(=O)NC(=N)c1ccc(CCC(=O)[C@H](C)NC(=O)[C@@H]2CC[C@@H](c3ccccc3)C2)cc1.FC(F)F.FC(F)F. The second-order valence-electron chi connectivity index (χ2n) is 17.5. The van der Waals surface area contributed by atoms with Crippen molar-refractivity contribution in [3.63, 3.8) is 0 Å². The van der Waals surface area contributed by atoms with Gasteiger partial charge in [-0.2, -0.15) is 26.3 Å². The number of rotatable bonds is 16. The molecule has 0 spiro atoms. The number of benzene rings is 4. The van der Waals surface area contributed by atoms with E-state index in [0.29, 0.717) is 48.6 Å². The third-order valence-electron chi connectivity index (χ3n) is 12.5. The molecule has 0 radical (unpaired) electrons. The summed E-state index contributed by atoms with van der Waals surface area (Å²) >= 11 is 0. The molecule has 0 aliphatic heterocycles. The third-order valence-corrected chi connectivity index (χ3v) is 12.5. The highest BCUT2D eigenvalue weighted by atomic mass is 19.4. The fourth-order valence-corrected chi connectivity index (χ4v) is 8.41. The predicted molar refractivity (Wildman–Crippen MR) is 267 cm³/mol. The van der Waals surface area contributed by atoms with E-state index >= 15 is 0 Å². The summed E-state index contributed by atoms with van der Waals surface area (Å²) in [6.07, 6.45) is 5.64. The van der Waals surface area contributed by atoms with Gasteiger partial charge in [0.2, 0.25) is 11.8 Å². The molecular weight excluding hydrogens is 975 g/mol. The van der Waals surface area contributed by atoms with E-state index in [-0.39, 0.29) is 46.9 Å². The van der Waals surface area contributed by atoms with Gasteiger partial charge >= 0.3 is 25.5 Å². The number of hydrogen-bond acceptors (Lipinski definition) is 10. The zero-order chi connectivity index (χ0) is 54.7. The molecule has 0 bridgehead atoms. The maximum absolute atomic E-state index is 12.7. The lowest BCUT2D eigenvalue weighted by molar-refractivity contribution is -0.129. The molecule has 6 atom stereocenters. The third kappa shape index (κ3) is 22.2. The van der Waals surface area contributed by atoms with Gasteiger partial charge in [-0.25, -0.2) is 9.59 Å². The van der Waals surface area contributed by atoms with Crippen LogP contribution in [0.2, 0.25) is 0 Å². The van der Waals surface area contributed by atoms with Crippen LogP contribution in [-0.2, 0) is 41.5 Å². The van der Waals surface area contributed by atoms with E-state index in [1.165, 1.54) is 25.3 Å². The normalized spacial score (nSPS) is 17.2. The van der Waals surface area contributed by atoms with Crippen LogP contribution in [-0.4, -0.2) is 86.9 Å². The Balaban J connectivity index is 0.000000341. The van der Waals surface area contributed by atoms with Crippen molar-refractivity contribution in [1.82, 2.24) is 21.3 Å². The summed E-state index contributed by atoms with van der Waals surface area (Å²) < 4.78 is 67.0. The monoisotopic (exact) mass is 1040 g/mol. The van der Waals surface area contributed by atoms with Crippen LogP contribution in [0, 0.1) is 22.7 Å². The minimum absolute atomic E-state index is 0.00914. The quantitative estimate of drug-likeness (QED) is 0.0360. The van der Waals surface area contributed by atoms with Crippen LogP contribution in [0.15, 0.2) is 109 Å². The Hall–Kier alpha value is -7.38. The first-order chi connectivity index (χ1) is 35.2. The Morgan fingerprint density at radius 2 is 0.824 bits per heavy atom. The Morgan fingerprint density at radius 3 is 1.12 bits per heavy atom. The largest absolute Gasteiger partial charge is 0.453 e. The Kier molecular flexibility index (Phi) is 26.3. The molecule has 0 aromatic heterocycles. The molecular formula is C54H64F6N6O8. The number of Topliss-reactive ketones (excluding diaryl/α,β-unsaturated/α-hetero) is 2. The van der Waals surface area contributed by atoms with Gasteiger partial charge in [0.25, 0.3) is 0 Å². The minimum Gasteiger partial charge on any atom is -0.453 e. The van der Waals surface area contributed by atoms with Crippen molar-refractivity contribution < 1.29 is 64.6 Å². The summed E-state index contributed by atoms with van der Waals surface area (Å²) in [6, 6.07) is 33.7. The summed E-state index contributed by atoms with van der Waals surface area (Å²) in [5.74, 6) is 0.518. The second kappa shape index (κ2) is 31.9. The number of carbonyl (C=O) groups is 6. The lowest BCUT2D eigenvalue weighted by Crippen LogP contribution is -2.41. The fourth-order valence-electron chi connectivity index (χ4n) is 8.41. The number of aryl methyl sites for hydroxylation is 2. The molecule has 0 saturated heterocycles. The van der Waals surface area contributed by atoms with E-state index in [4.69, 9.17) is 10.8 Å². The fraction of sp³-hybridized carbons (Fsp3) is 0.407. The maximum atomic E-state index is 12.7. The highest BCUT2D eigenvalue weighted by Crippen LogP contribution is 2.39. The van der Waals surface area contributed by atoms with Crippen molar-refractivity contribution in [2.24, 2.45) is 11.8 Å². The molecule has 4 aromatic carbocycles. The average Bonchev–Trinajstić information content (AvgIpc) is 4.10. The topological polar surface area (TPSA) is 217 Å². The summed E-state index contributed by atoms with van der Waals surface area (Å²) in [7, 11) is 2.47. The Labute approximate surface area is 426 Å². The molecule has 74 heavy (non-hydrogen) atoms. The van der Waals surface area contributed by atoms with Crippen molar-refractivity contribution in [2.45, 2.75) is 115 Å². The average molecular weight is 1040 g/mol. The summed E-state index contributed by atoms with van der Waals surface area (Å²) in [6.45, 7) is -3.85. The van der Waals surface area contributed by atoms with Gasteiger partial charge < -0.3 is 20.1 Å². The molecule has 4 amide bonds. The van der Waals surface area contributed by atoms with Gasteiger partial charge in [0.05, 0.1) is 26.3 Å². The van der Waals surface area contributed by atoms with Gasteiger partial charge in [-0.1, -0.05) is 109 Å². The molecule has 400 valence electrons. The standard InChI is InChI=1S/2C26H31N3O4.2CHF3/c2*1-17(28-25(31)22-14-13-21(16-22)19-6-4-3-5-7-19)23(30)15-10-18-8-11-20(12-9-18)24(27)29-26(32)33-2;2*2-1(3)4/h2*3-9,11-12,17,21-22H,10,13-16H2,1-2H3,(H,28,31)(H2,27,29,32);2*1H/t2*17-,21+,22+;;/m00../s1. The number of amides is 4. The van der Waals surface area contributed by atoms with Crippen LogP contribution >= 0.6 is 0 Å². The van der Waals surface area contributed by atoms with Gasteiger partial charge in [0.1, 0.15) is 11.7 Å². The van der Waals surface area contributed by atoms with E-state index in [0.717, 1.165) is 49.7 Å². The minimum atomic E-state index is -3.67. The number of carbonyl (C=O) groups excluding carboxylic acids is 6. The number of nitrogens with one attached hydrogen (secondary N) is 6. The number of alkyl carbamates (subject to hydrolysis) is 2. The summed E-state index contributed by atoms with van der Waals surface area (Å²) in [4.78, 5) is 72.9. The zero-order valence-electron chi connectivity index (χ0n) is 41.6. The van der Waals surface area contributed by atoms with Gasteiger partial charge in [0, 0.05) is 35.8 Å². The van der Waals surface area contributed by atoms with Gasteiger partial charge in [-0.15, -0.1) is 0 Å². The molecule has 2 aliphatic carbocycles. The lowest BCUT2D eigenvalue weighted by atomic mass is 9.96. The molecule has 2 saturated carbocycles. The number of halogens is 6. The van der Waals surface area contributed by atoms with Gasteiger partial charge in [0.15, 0.2) is 11.6 Å². The molecule has 4 aromatic rings. The predicted octanol–water partition coefficient (Wildman–Crippen LogP) is 10.3. The number of amidine groups is 2. The summed E-state index contributed by atoms with van der Waals surface area (Å²) in [5, 5.41) is 26.1. The molecule has 0 unspecified atom stereocenters. The van der Waals surface area contributed by atoms with Crippen molar-refractivity contribution in [1.29, 1.82) is 10.8 Å². The molecule has 20 heteroatoms. The first kappa shape index (κ1) is 60.9. The number of methoxy groups -OCH3 is 2. The van der Waals surface area contributed by atoms with E-state index in [1.54, 1.807) is 38.1 Å². The van der Waals surface area contributed by atoms with Crippen LogP contribution in [0.4, 0.5) is 35.9 Å². The Morgan fingerprint density at radius 1 is 0.514 bits per heavy atom. The molecule has 0 heterocycles. The molecule has 2 aliphatic rings. The second-order valence-corrected chi connectivity index (χ2v) is 17.5. The van der Waals surface area contributed by atoms with Crippen LogP contribution in [0.5, 0.6) is 0 Å².